The molecule has 0 radical (unpaired) electrons. The van der Waals surface area contributed by atoms with Crippen LogP contribution < -0.4 is 10.5 Å². The van der Waals surface area contributed by atoms with Gasteiger partial charge < -0.3 is 10.2 Å². The van der Waals surface area contributed by atoms with Gasteiger partial charge >= 0.3 is 0 Å². The minimum absolute atomic E-state index is 0.0695. The number of primary sulfonamides is 1. The van der Waals surface area contributed by atoms with Crippen molar-refractivity contribution < 1.29 is 8.42 Å². The van der Waals surface area contributed by atoms with Crippen molar-refractivity contribution in [3.63, 3.8) is 0 Å². The smallest absolute Gasteiger partial charge is 0.210 e. The lowest BCUT2D eigenvalue weighted by molar-refractivity contribution is 0.207. The van der Waals surface area contributed by atoms with Gasteiger partial charge in [0.15, 0.2) is 0 Å². The molecular formula is C10H23N3O2S. The number of sulfonamides is 1. The van der Waals surface area contributed by atoms with Crippen LogP contribution in [0, 0.1) is 0 Å². The summed E-state index contributed by atoms with van der Waals surface area (Å²) in [6, 6.07) is 0.602. The first-order valence-corrected chi connectivity index (χ1v) is 7.69. The lowest BCUT2D eigenvalue weighted by atomic mass is 10.1. The molecule has 1 fully saturated rings. The number of likely N-dealkylation sites (tertiary alicyclic amines) is 1. The first kappa shape index (κ1) is 13.9. The monoisotopic (exact) mass is 249 g/mol. The average Bonchev–Trinajstić information content (AvgIpc) is 2.24. The first-order chi connectivity index (χ1) is 7.51. The summed E-state index contributed by atoms with van der Waals surface area (Å²) in [4.78, 5) is 2.18. The Morgan fingerprint density at radius 3 is 2.50 bits per heavy atom. The van der Waals surface area contributed by atoms with Gasteiger partial charge in [-0.05, 0) is 38.9 Å². The lowest BCUT2D eigenvalue weighted by Gasteiger charge is -2.32. The Morgan fingerprint density at radius 2 is 2.00 bits per heavy atom. The van der Waals surface area contributed by atoms with Crippen LogP contribution in [0.1, 0.15) is 26.2 Å². The van der Waals surface area contributed by atoms with Crippen LogP contribution in [0.5, 0.6) is 0 Å². The third-order valence-corrected chi connectivity index (χ3v) is 3.71. The fourth-order valence-electron chi connectivity index (χ4n) is 1.97. The molecule has 0 aromatic rings. The summed E-state index contributed by atoms with van der Waals surface area (Å²) in [6.07, 6.45) is 3.36. The van der Waals surface area contributed by atoms with Gasteiger partial charge in [0.2, 0.25) is 10.0 Å². The van der Waals surface area contributed by atoms with Gasteiger partial charge in [-0.2, -0.15) is 0 Å². The molecule has 0 bridgehead atoms. The van der Waals surface area contributed by atoms with Crippen molar-refractivity contribution in [1.82, 2.24) is 10.2 Å². The minimum atomic E-state index is -3.31. The maximum atomic E-state index is 10.8. The molecule has 0 atom stereocenters. The van der Waals surface area contributed by atoms with Crippen molar-refractivity contribution in [2.75, 3.05) is 31.9 Å². The third-order valence-electron chi connectivity index (χ3n) is 2.96. The largest absolute Gasteiger partial charge is 0.314 e. The van der Waals surface area contributed by atoms with Crippen molar-refractivity contribution in [3.05, 3.63) is 0 Å². The summed E-state index contributed by atoms with van der Waals surface area (Å²) in [5.74, 6) is 0.0695. The van der Waals surface area contributed by atoms with E-state index >= 15 is 0 Å². The van der Waals surface area contributed by atoms with E-state index in [1.165, 1.54) is 0 Å². The van der Waals surface area contributed by atoms with Crippen LogP contribution in [0.3, 0.4) is 0 Å². The number of nitrogens with two attached hydrogens (primary N) is 1. The molecule has 1 aliphatic rings. The summed E-state index contributed by atoms with van der Waals surface area (Å²) < 4.78 is 21.6. The van der Waals surface area contributed by atoms with Crippen LogP contribution in [-0.4, -0.2) is 51.3 Å². The van der Waals surface area contributed by atoms with Gasteiger partial charge in [-0.25, -0.2) is 13.6 Å². The van der Waals surface area contributed by atoms with E-state index in [9.17, 15) is 8.42 Å². The van der Waals surface area contributed by atoms with Gasteiger partial charge in [0.25, 0.3) is 0 Å². The maximum absolute atomic E-state index is 10.8. The van der Waals surface area contributed by atoms with E-state index in [4.69, 9.17) is 5.14 Å². The predicted octanol–water partition coefficient (Wildman–Crippen LogP) is -0.261. The minimum Gasteiger partial charge on any atom is -0.314 e. The van der Waals surface area contributed by atoms with Crippen LogP contribution in [0.15, 0.2) is 0 Å². The molecule has 96 valence electrons. The Labute approximate surface area is 98.4 Å². The second-order valence-electron chi connectivity index (χ2n) is 4.44. The topological polar surface area (TPSA) is 75.4 Å². The van der Waals surface area contributed by atoms with E-state index < -0.39 is 10.0 Å². The molecule has 0 amide bonds. The van der Waals surface area contributed by atoms with Gasteiger partial charge in [-0.15, -0.1) is 0 Å². The number of hydrogen-bond acceptors (Lipinski definition) is 4. The van der Waals surface area contributed by atoms with Crippen LogP contribution >= 0.6 is 0 Å². The molecule has 1 heterocycles. The lowest BCUT2D eigenvalue weighted by Crippen LogP contribution is -2.44. The third kappa shape index (κ3) is 5.79. The molecule has 0 aromatic heterocycles. The molecule has 3 N–H and O–H groups in total. The Hall–Kier alpha value is -0.170. The molecule has 0 spiro atoms. The molecule has 1 aliphatic heterocycles. The van der Waals surface area contributed by atoms with Gasteiger partial charge in [-0.1, -0.05) is 6.92 Å². The SMILES string of the molecule is CCCNC1CCN(CCS(N)(=O)=O)CC1. The van der Waals surface area contributed by atoms with E-state index in [0.29, 0.717) is 12.6 Å². The quantitative estimate of drug-likeness (QED) is 0.680. The highest BCUT2D eigenvalue weighted by Crippen LogP contribution is 2.09. The Bertz CT molecular complexity index is 284. The van der Waals surface area contributed by atoms with Crippen LogP contribution in [-0.2, 0) is 10.0 Å². The molecule has 6 heteroatoms. The molecule has 0 aliphatic carbocycles. The summed E-state index contributed by atoms with van der Waals surface area (Å²) >= 11 is 0. The standard InChI is InChI=1S/C10H23N3O2S/c1-2-5-12-10-3-6-13(7-4-10)8-9-16(11,14)15/h10,12H,2-9H2,1H3,(H2,11,14,15). The molecule has 16 heavy (non-hydrogen) atoms. The van der Waals surface area contributed by atoms with Crippen molar-refractivity contribution in [2.24, 2.45) is 5.14 Å². The van der Waals surface area contributed by atoms with E-state index in [1.807, 2.05) is 0 Å². The molecule has 1 saturated heterocycles. The summed E-state index contributed by atoms with van der Waals surface area (Å²) in [5.41, 5.74) is 0. The highest BCUT2D eigenvalue weighted by molar-refractivity contribution is 7.89. The Morgan fingerprint density at radius 1 is 1.38 bits per heavy atom. The highest BCUT2D eigenvalue weighted by Gasteiger charge is 2.19. The molecule has 5 nitrogen and oxygen atoms in total. The van der Waals surface area contributed by atoms with Gasteiger partial charge in [0.1, 0.15) is 0 Å². The Kier molecular flexibility index (Phi) is 5.68. The van der Waals surface area contributed by atoms with Crippen molar-refractivity contribution in [3.8, 4) is 0 Å². The zero-order valence-corrected chi connectivity index (χ0v) is 10.8. The number of hydrogen-bond donors (Lipinski definition) is 2. The number of nitrogens with zero attached hydrogens (tertiary/aromatic N) is 1. The average molecular weight is 249 g/mol. The maximum Gasteiger partial charge on any atom is 0.210 e. The summed E-state index contributed by atoms with van der Waals surface area (Å²) in [6.45, 7) is 5.74. The van der Waals surface area contributed by atoms with E-state index in [0.717, 1.165) is 38.9 Å². The van der Waals surface area contributed by atoms with Gasteiger partial charge in [-0.3, -0.25) is 0 Å². The van der Waals surface area contributed by atoms with E-state index in [-0.39, 0.29) is 5.75 Å². The number of rotatable bonds is 6. The highest BCUT2D eigenvalue weighted by atomic mass is 32.2. The van der Waals surface area contributed by atoms with Crippen molar-refractivity contribution >= 4 is 10.0 Å². The molecule has 0 aromatic carbocycles. The van der Waals surface area contributed by atoms with Gasteiger partial charge in [0, 0.05) is 12.6 Å². The van der Waals surface area contributed by atoms with Crippen LogP contribution in [0.25, 0.3) is 0 Å². The molecule has 0 unspecified atom stereocenters. The van der Waals surface area contributed by atoms with Gasteiger partial charge in [0.05, 0.1) is 5.75 Å². The number of nitrogens with one attached hydrogen (secondary N) is 1. The second-order valence-corrected chi connectivity index (χ2v) is 6.17. The van der Waals surface area contributed by atoms with Crippen molar-refractivity contribution in [2.45, 2.75) is 32.2 Å². The van der Waals surface area contributed by atoms with E-state index in [1.54, 1.807) is 0 Å². The summed E-state index contributed by atoms with van der Waals surface area (Å²) in [7, 11) is -3.31. The van der Waals surface area contributed by atoms with Crippen LogP contribution in [0.4, 0.5) is 0 Å². The number of piperidine rings is 1. The molecule has 1 rings (SSSR count). The van der Waals surface area contributed by atoms with Crippen LogP contribution in [0.2, 0.25) is 0 Å². The predicted molar refractivity (Wildman–Crippen MR) is 65.7 cm³/mol. The Balaban J connectivity index is 2.17. The fourth-order valence-corrected chi connectivity index (χ4v) is 2.48. The zero-order chi connectivity index (χ0) is 12.0. The zero-order valence-electron chi connectivity index (χ0n) is 9.98. The van der Waals surface area contributed by atoms with E-state index in [2.05, 4.69) is 17.1 Å². The fraction of sp³-hybridized carbons (Fsp3) is 1.00. The molecule has 0 saturated carbocycles. The van der Waals surface area contributed by atoms with Crippen molar-refractivity contribution in [1.29, 1.82) is 0 Å². The molecular weight excluding hydrogens is 226 g/mol. The summed E-state index contributed by atoms with van der Waals surface area (Å²) in [5, 5.41) is 8.47. The normalized spacial score (nSPS) is 20.1. The second kappa shape index (κ2) is 6.54. The first-order valence-electron chi connectivity index (χ1n) is 5.97.